The Morgan fingerprint density at radius 3 is 1.51 bits per heavy atom. The molecule has 0 saturated heterocycles. The fraction of sp³-hybridized carbons (Fsp3) is 0.349. The summed E-state index contributed by atoms with van der Waals surface area (Å²) in [6.07, 6.45) is 2.54. The fourth-order valence-corrected chi connectivity index (χ4v) is 30.1. The number of halogens is 2. The first kappa shape index (κ1) is 37.9. The summed E-state index contributed by atoms with van der Waals surface area (Å²) in [4.78, 5) is 0. The molecule has 248 valence electrons. The molecular formula is C43H54Cl2SiZr. The summed E-state index contributed by atoms with van der Waals surface area (Å²) >= 11 is -3.62. The van der Waals surface area contributed by atoms with E-state index in [0.717, 1.165) is 0 Å². The number of rotatable bonds is 4. The van der Waals surface area contributed by atoms with Crippen LogP contribution in [0.1, 0.15) is 103 Å². The SMILES string of the molecule is CC1=Cc2c(-c3ccc(C(C)(C)C)cc3)cccc2[CH]1[Zr]([CH3])([CH3])(=[SiH2])[CH]1C(C)=C(C)c2c(-c3ccc(C(C)(C)C)cc3)cccc21.Cl.Cl. The van der Waals surface area contributed by atoms with Gasteiger partial charge < -0.3 is 0 Å². The van der Waals surface area contributed by atoms with Crippen LogP contribution < -0.4 is 0 Å². The summed E-state index contributed by atoms with van der Waals surface area (Å²) in [5, 5.41) is 0. The number of benzene rings is 4. The normalized spacial score (nSPS) is 17.8. The first-order chi connectivity index (χ1) is 20.9. The Morgan fingerprint density at radius 1 is 0.574 bits per heavy atom. The van der Waals surface area contributed by atoms with Crippen molar-refractivity contribution in [2.24, 2.45) is 0 Å². The van der Waals surface area contributed by atoms with Gasteiger partial charge in [-0.05, 0) is 0 Å². The molecule has 0 saturated carbocycles. The van der Waals surface area contributed by atoms with Gasteiger partial charge in [-0.15, -0.1) is 24.8 Å². The first-order valence-corrected chi connectivity index (χ1v) is 30.5. The number of fused-ring (bicyclic) bond motifs is 2. The second-order valence-electron chi connectivity index (χ2n) is 17.2. The van der Waals surface area contributed by atoms with Crippen molar-refractivity contribution in [3.05, 3.63) is 129 Å². The van der Waals surface area contributed by atoms with E-state index in [4.69, 9.17) is 0 Å². The Hall–Kier alpha value is -1.96. The summed E-state index contributed by atoms with van der Waals surface area (Å²) in [5.74, 6) is 0. The molecule has 0 heterocycles. The van der Waals surface area contributed by atoms with Gasteiger partial charge in [0.15, 0.2) is 0 Å². The van der Waals surface area contributed by atoms with Gasteiger partial charge in [0.05, 0.1) is 0 Å². The van der Waals surface area contributed by atoms with Crippen LogP contribution in [0.4, 0.5) is 0 Å². The second-order valence-corrected chi connectivity index (χ2v) is 47.7. The van der Waals surface area contributed by atoms with Crippen LogP contribution in [-0.2, 0) is 28.2 Å². The van der Waals surface area contributed by atoms with Gasteiger partial charge in [0.1, 0.15) is 0 Å². The van der Waals surface area contributed by atoms with Crippen LogP contribution in [0.15, 0.2) is 96.1 Å². The molecule has 0 aliphatic heterocycles. The van der Waals surface area contributed by atoms with E-state index >= 15 is 0 Å². The summed E-state index contributed by atoms with van der Waals surface area (Å²) in [5.41, 5.74) is 19.2. The molecule has 0 nitrogen and oxygen atoms in total. The molecule has 2 atom stereocenters. The van der Waals surface area contributed by atoms with E-state index in [1.807, 2.05) is 0 Å². The van der Waals surface area contributed by atoms with Gasteiger partial charge in [-0.3, -0.25) is 0 Å². The van der Waals surface area contributed by atoms with Gasteiger partial charge in [0.2, 0.25) is 0 Å². The Labute approximate surface area is 299 Å². The maximum atomic E-state index is 2.75. The van der Waals surface area contributed by atoms with Gasteiger partial charge in [-0.25, -0.2) is 0 Å². The summed E-state index contributed by atoms with van der Waals surface area (Å²) < 4.78 is 6.54. The van der Waals surface area contributed by atoms with Gasteiger partial charge in [-0.2, -0.15) is 0 Å². The number of allylic oxidation sites excluding steroid dienone is 3. The minimum Gasteiger partial charge on any atom is -0.147 e. The third-order valence-corrected chi connectivity index (χ3v) is 29.0. The maximum Gasteiger partial charge on any atom is -0.147 e. The van der Waals surface area contributed by atoms with E-state index in [0.29, 0.717) is 7.25 Å². The molecule has 2 aliphatic carbocycles. The molecule has 4 heteroatoms. The Morgan fingerprint density at radius 2 is 1.02 bits per heavy atom. The molecule has 4 aromatic rings. The number of hydrogen-bond donors (Lipinski definition) is 0. The smallest absolute Gasteiger partial charge is 0.147 e. The maximum absolute atomic E-state index is 3.62. The third-order valence-electron chi connectivity index (χ3n) is 11.1. The fourth-order valence-electron chi connectivity index (χ4n) is 8.87. The predicted octanol–water partition coefficient (Wildman–Crippen LogP) is 12.8. The van der Waals surface area contributed by atoms with E-state index in [2.05, 4.69) is 169 Å². The standard InChI is InChI=1S/C21H23.C20H21.2CH3.2ClH.H2Si.Zr/c1-14-13-17-7-6-8-19(20(17)15(14)2)16-9-11-18(12-10-16)21(3,4)5;1-14-12-16-6-5-7-18(19(16)13-14)15-8-10-17(11-9-15)20(2,3)4;;;;;;/h6-13H,1-5H3;5-13H,1-4H3;2*1H3;2*1H;1H2;. The van der Waals surface area contributed by atoms with E-state index in [1.165, 1.54) is 50.1 Å². The van der Waals surface area contributed by atoms with Crippen molar-refractivity contribution in [3.63, 3.8) is 0 Å². The zero-order valence-electron chi connectivity index (χ0n) is 30.3. The van der Waals surface area contributed by atoms with E-state index in [1.54, 1.807) is 22.3 Å². The molecule has 0 amide bonds. The zero-order chi connectivity index (χ0) is 32.7. The molecule has 0 fully saturated rings. The monoisotopic (exact) mass is 758 g/mol. The van der Waals surface area contributed by atoms with Crippen LogP contribution in [0.2, 0.25) is 9.26 Å². The van der Waals surface area contributed by atoms with Gasteiger partial charge in [0, 0.05) is 0 Å². The molecule has 0 bridgehead atoms. The van der Waals surface area contributed by atoms with Crippen LogP contribution in [0.3, 0.4) is 0 Å². The molecule has 2 aliphatic rings. The minimum atomic E-state index is -3.62. The third kappa shape index (κ3) is 6.43. The number of hydrogen-bond acceptors (Lipinski definition) is 0. The Bertz CT molecular complexity index is 1960. The quantitative estimate of drug-likeness (QED) is 0.182. The Balaban J connectivity index is 0.00000250. The predicted molar refractivity (Wildman–Crippen MR) is 213 cm³/mol. The molecule has 4 aromatic carbocycles. The largest absolute Gasteiger partial charge is 0.147 e. The molecule has 2 unspecified atom stereocenters. The molecule has 0 N–H and O–H groups in total. The Kier molecular flexibility index (Phi) is 10.3. The van der Waals surface area contributed by atoms with Crippen molar-refractivity contribution in [3.8, 4) is 22.3 Å². The van der Waals surface area contributed by atoms with Crippen LogP contribution >= 0.6 is 24.8 Å². The van der Waals surface area contributed by atoms with Crippen molar-refractivity contribution < 1.29 is 17.4 Å². The molecule has 47 heavy (non-hydrogen) atoms. The average Bonchev–Trinajstić information content (AvgIpc) is 3.46. The molecule has 0 radical (unpaired) electrons. The van der Waals surface area contributed by atoms with Gasteiger partial charge in [0.25, 0.3) is 0 Å². The molecule has 6 rings (SSSR count). The van der Waals surface area contributed by atoms with Crippen LogP contribution in [0.5, 0.6) is 0 Å². The zero-order valence-corrected chi connectivity index (χ0v) is 35.8. The first-order valence-electron chi connectivity index (χ1n) is 16.8. The van der Waals surface area contributed by atoms with Crippen molar-refractivity contribution in [1.29, 1.82) is 0 Å². The summed E-state index contributed by atoms with van der Waals surface area (Å²) in [6, 6.07) is 32.9. The van der Waals surface area contributed by atoms with Crippen LogP contribution in [0, 0.1) is 0 Å². The molecule has 0 aromatic heterocycles. The van der Waals surface area contributed by atoms with Crippen molar-refractivity contribution >= 4 is 43.3 Å². The van der Waals surface area contributed by atoms with E-state index in [-0.39, 0.29) is 35.6 Å². The van der Waals surface area contributed by atoms with Crippen molar-refractivity contribution in [1.82, 2.24) is 0 Å². The van der Waals surface area contributed by atoms with E-state index < -0.39 is 17.4 Å². The molecule has 0 spiro atoms. The second kappa shape index (κ2) is 12.7. The molecular weight excluding hydrogens is 707 g/mol. The topological polar surface area (TPSA) is 0 Å². The van der Waals surface area contributed by atoms with Crippen molar-refractivity contribution in [2.75, 3.05) is 0 Å². The average molecular weight is 761 g/mol. The van der Waals surface area contributed by atoms with Crippen LogP contribution in [0.25, 0.3) is 33.9 Å². The minimum absolute atomic E-state index is 0. The van der Waals surface area contributed by atoms with Gasteiger partial charge >= 0.3 is 277 Å². The van der Waals surface area contributed by atoms with Crippen LogP contribution in [-0.4, -0.2) is 6.88 Å². The summed E-state index contributed by atoms with van der Waals surface area (Å²) in [7, 11) is 0. The van der Waals surface area contributed by atoms with E-state index in [9.17, 15) is 0 Å². The summed E-state index contributed by atoms with van der Waals surface area (Å²) in [6.45, 7) is 23.5. The van der Waals surface area contributed by atoms with Crippen molar-refractivity contribution in [2.45, 2.75) is 89.7 Å². The van der Waals surface area contributed by atoms with Gasteiger partial charge in [-0.1, -0.05) is 0 Å².